The smallest absolute Gasteiger partial charge is 0.253 e. The molecular formula is C24H29N5O2S. The molecule has 0 atom stereocenters. The molecule has 0 spiro atoms. The zero-order valence-electron chi connectivity index (χ0n) is 18.4. The molecule has 4 rings (SSSR count). The van der Waals surface area contributed by atoms with Gasteiger partial charge in [-0.3, -0.25) is 14.5 Å². The summed E-state index contributed by atoms with van der Waals surface area (Å²) in [6.45, 7) is 5.87. The van der Waals surface area contributed by atoms with E-state index < -0.39 is 0 Å². The standard InChI is InChI=1S/C24H29N5O2S/c1-2-25-23(30)17-27-11-5-13-28(15-14-27)24(31)19-7-9-21(10-8-19)32-18-20-16-29-12-4-3-6-22(29)26-20/h3-4,6-10,12,16H,2,5,11,13-15,17-18H2,1H3,(H,25,30). The summed E-state index contributed by atoms with van der Waals surface area (Å²) in [6.07, 6.45) is 4.92. The summed E-state index contributed by atoms with van der Waals surface area (Å²) in [4.78, 5) is 34.6. The number of nitrogens with one attached hydrogen (secondary N) is 1. The van der Waals surface area contributed by atoms with Gasteiger partial charge in [-0.1, -0.05) is 6.07 Å². The van der Waals surface area contributed by atoms with Crippen molar-refractivity contribution in [3.8, 4) is 0 Å². The number of hydrogen-bond acceptors (Lipinski definition) is 5. The van der Waals surface area contributed by atoms with Crippen LogP contribution in [0.1, 0.15) is 29.4 Å². The summed E-state index contributed by atoms with van der Waals surface area (Å²) in [5.41, 5.74) is 2.69. The van der Waals surface area contributed by atoms with Crippen molar-refractivity contribution in [1.82, 2.24) is 24.5 Å². The van der Waals surface area contributed by atoms with Crippen molar-refractivity contribution in [3.63, 3.8) is 0 Å². The first-order valence-corrected chi connectivity index (χ1v) is 12.0. The van der Waals surface area contributed by atoms with Gasteiger partial charge in [-0.15, -0.1) is 11.8 Å². The normalized spacial score (nSPS) is 15.0. The van der Waals surface area contributed by atoms with Gasteiger partial charge in [0, 0.05) is 61.3 Å². The number of rotatable bonds is 7. The number of hydrogen-bond donors (Lipinski definition) is 1. The van der Waals surface area contributed by atoms with Crippen LogP contribution in [0.3, 0.4) is 0 Å². The minimum atomic E-state index is 0.0454. The number of pyridine rings is 1. The Kier molecular flexibility index (Phi) is 7.44. The molecule has 2 amide bonds. The molecule has 168 valence electrons. The van der Waals surface area contributed by atoms with Crippen molar-refractivity contribution in [3.05, 3.63) is 66.1 Å². The number of amides is 2. The largest absolute Gasteiger partial charge is 0.355 e. The maximum absolute atomic E-state index is 13.0. The van der Waals surface area contributed by atoms with Gasteiger partial charge in [-0.05, 0) is 49.7 Å². The number of nitrogens with zero attached hydrogens (tertiary/aromatic N) is 4. The Labute approximate surface area is 192 Å². The van der Waals surface area contributed by atoms with E-state index in [0.717, 1.165) is 48.0 Å². The molecule has 7 nitrogen and oxygen atoms in total. The van der Waals surface area contributed by atoms with Crippen molar-refractivity contribution in [2.45, 2.75) is 24.0 Å². The van der Waals surface area contributed by atoms with Gasteiger partial charge in [0.05, 0.1) is 12.2 Å². The number of fused-ring (bicyclic) bond motifs is 1. The van der Waals surface area contributed by atoms with Crippen LogP contribution in [-0.2, 0) is 10.5 Å². The molecule has 1 fully saturated rings. The number of carbonyl (C=O) groups is 2. The third-order valence-electron chi connectivity index (χ3n) is 5.52. The third kappa shape index (κ3) is 5.69. The van der Waals surface area contributed by atoms with E-state index in [0.29, 0.717) is 25.2 Å². The van der Waals surface area contributed by atoms with E-state index in [1.807, 2.05) is 64.9 Å². The predicted octanol–water partition coefficient (Wildman–Crippen LogP) is 2.91. The van der Waals surface area contributed by atoms with Crippen LogP contribution in [0.25, 0.3) is 5.65 Å². The van der Waals surface area contributed by atoms with Gasteiger partial charge in [-0.25, -0.2) is 4.98 Å². The molecule has 2 aromatic heterocycles. The Morgan fingerprint density at radius 1 is 1.06 bits per heavy atom. The predicted molar refractivity (Wildman–Crippen MR) is 127 cm³/mol. The lowest BCUT2D eigenvalue weighted by atomic mass is 10.2. The SMILES string of the molecule is CCNC(=O)CN1CCCN(C(=O)c2ccc(SCc3cn4ccccc4n3)cc2)CC1. The summed E-state index contributed by atoms with van der Waals surface area (Å²) in [5, 5.41) is 2.84. The third-order valence-corrected chi connectivity index (χ3v) is 6.56. The highest BCUT2D eigenvalue weighted by atomic mass is 32.2. The van der Waals surface area contributed by atoms with Crippen LogP contribution in [0.5, 0.6) is 0 Å². The molecule has 0 saturated carbocycles. The molecule has 0 unspecified atom stereocenters. The van der Waals surface area contributed by atoms with Crippen molar-refractivity contribution in [1.29, 1.82) is 0 Å². The lowest BCUT2D eigenvalue weighted by Crippen LogP contribution is -2.40. The second kappa shape index (κ2) is 10.7. The van der Waals surface area contributed by atoms with Gasteiger partial charge in [0.15, 0.2) is 0 Å². The average molecular weight is 452 g/mol. The minimum Gasteiger partial charge on any atom is -0.355 e. The first-order chi connectivity index (χ1) is 15.6. The van der Waals surface area contributed by atoms with Crippen molar-refractivity contribution < 1.29 is 9.59 Å². The Hall–Kier alpha value is -2.84. The molecule has 8 heteroatoms. The fourth-order valence-corrected chi connectivity index (χ4v) is 4.66. The number of carbonyl (C=O) groups excluding carboxylic acids is 2. The first-order valence-electron chi connectivity index (χ1n) is 11.1. The van der Waals surface area contributed by atoms with Gasteiger partial charge >= 0.3 is 0 Å². The Morgan fingerprint density at radius 3 is 2.69 bits per heavy atom. The van der Waals surface area contributed by atoms with E-state index in [1.54, 1.807) is 11.8 Å². The fourth-order valence-electron chi connectivity index (χ4n) is 3.88. The van der Waals surface area contributed by atoms with Crippen LogP contribution < -0.4 is 5.32 Å². The molecule has 1 aromatic carbocycles. The van der Waals surface area contributed by atoms with Crippen LogP contribution in [0, 0.1) is 0 Å². The van der Waals surface area contributed by atoms with Crippen LogP contribution in [-0.4, -0.2) is 70.3 Å². The highest BCUT2D eigenvalue weighted by Gasteiger charge is 2.21. The summed E-state index contributed by atoms with van der Waals surface area (Å²) >= 11 is 1.71. The topological polar surface area (TPSA) is 70.0 Å². The lowest BCUT2D eigenvalue weighted by molar-refractivity contribution is -0.122. The zero-order valence-corrected chi connectivity index (χ0v) is 19.2. The molecule has 3 aromatic rings. The molecule has 0 radical (unpaired) electrons. The number of thioether (sulfide) groups is 1. The van der Waals surface area contributed by atoms with Crippen molar-refractivity contribution in [2.75, 3.05) is 39.3 Å². The molecule has 0 bridgehead atoms. The molecule has 1 N–H and O–H groups in total. The number of aromatic nitrogens is 2. The van der Waals surface area contributed by atoms with Crippen LogP contribution in [0.15, 0.2) is 59.8 Å². The first kappa shape index (κ1) is 22.4. The molecule has 0 aliphatic carbocycles. The Morgan fingerprint density at radius 2 is 1.91 bits per heavy atom. The molecule has 32 heavy (non-hydrogen) atoms. The lowest BCUT2D eigenvalue weighted by Gasteiger charge is -2.22. The highest BCUT2D eigenvalue weighted by molar-refractivity contribution is 7.98. The van der Waals surface area contributed by atoms with E-state index in [1.165, 1.54) is 0 Å². The van der Waals surface area contributed by atoms with Gasteiger partial charge < -0.3 is 14.6 Å². The van der Waals surface area contributed by atoms with E-state index in [9.17, 15) is 9.59 Å². The Bertz CT molecular complexity index is 1030. The van der Waals surface area contributed by atoms with E-state index in [-0.39, 0.29) is 11.8 Å². The van der Waals surface area contributed by atoms with Gasteiger partial charge in [0.1, 0.15) is 5.65 Å². The van der Waals surface area contributed by atoms with E-state index in [2.05, 4.69) is 21.4 Å². The molecule has 1 saturated heterocycles. The van der Waals surface area contributed by atoms with Crippen LogP contribution in [0.2, 0.25) is 0 Å². The molecule has 1 aliphatic rings. The maximum Gasteiger partial charge on any atom is 0.253 e. The van der Waals surface area contributed by atoms with Gasteiger partial charge in [0.25, 0.3) is 5.91 Å². The molecule has 1 aliphatic heterocycles. The summed E-state index contributed by atoms with van der Waals surface area (Å²) in [7, 11) is 0. The van der Waals surface area contributed by atoms with Crippen molar-refractivity contribution >= 4 is 29.2 Å². The summed E-state index contributed by atoms with van der Waals surface area (Å²) in [5.74, 6) is 0.883. The Balaban J connectivity index is 1.30. The molecule has 3 heterocycles. The zero-order chi connectivity index (χ0) is 22.3. The second-order valence-electron chi connectivity index (χ2n) is 7.89. The number of likely N-dealkylation sites (N-methyl/N-ethyl adjacent to an activating group) is 1. The van der Waals surface area contributed by atoms with E-state index in [4.69, 9.17) is 0 Å². The van der Waals surface area contributed by atoms with Crippen LogP contribution in [0.4, 0.5) is 0 Å². The maximum atomic E-state index is 13.0. The quantitative estimate of drug-likeness (QED) is 0.560. The summed E-state index contributed by atoms with van der Waals surface area (Å²) < 4.78 is 2.02. The fraction of sp³-hybridized carbons (Fsp3) is 0.375. The van der Waals surface area contributed by atoms with Gasteiger partial charge in [-0.2, -0.15) is 0 Å². The van der Waals surface area contributed by atoms with Crippen molar-refractivity contribution in [2.24, 2.45) is 0 Å². The number of imidazole rings is 1. The monoisotopic (exact) mass is 451 g/mol. The van der Waals surface area contributed by atoms with E-state index >= 15 is 0 Å². The number of benzene rings is 1. The minimum absolute atomic E-state index is 0.0454. The highest BCUT2D eigenvalue weighted by Crippen LogP contribution is 2.23. The van der Waals surface area contributed by atoms with Gasteiger partial charge in [0.2, 0.25) is 5.91 Å². The summed E-state index contributed by atoms with van der Waals surface area (Å²) in [6, 6.07) is 13.8. The van der Waals surface area contributed by atoms with Crippen LogP contribution >= 0.6 is 11.8 Å². The average Bonchev–Trinajstić information content (AvgIpc) is 3.09. The second-order valence-corrected chi connectivity index (χ2v) is 8.94. The molecular weight excluding hydrogens is 422 g/mol.